The molecule has 0 spiro atoms. The molecule has 0 amide bonds. The van der Waals surface area contributed by atoms with Gasteiger partial charge < -0.3 is 9.84 Å². The third-order valence-corrected chi connectivity index (χ3v) is 8.16. The lowest BCUT2D eigenvalue weighted by atomic mass is 9.95. The van der Waals surface area contributed by atoms with Crippen molar-refractivity contribution in [1.29, 1.82) is 0 Å². The van der Waals surface area contributed by atoms with Gasteiger partial charge in [-0.05, 0) is 81.8 Å². The number of rotatable bonds is 10. The normalized spacial score (nSPS) is 11.3. The minimum absolute atomic E-state index is 0.343. The van der Waals surface area contributed by atoms with E-state index >= 15 is 0 Å². The van der Waals surface area contributed by atoms with Crippen molar-refractivity contribution < 1.29 is 14.6 Å². The van der Waals surface area contributed by atoms with Crippen LogP contribution in [0, 0.1) is 6.92 Å². The van der Waals surface area contributed by atoms with E-state index in [-0.39, 0.29) is 6.61 Å². The SMILES string of the molecule is Cc1cc(SC/C=C(\c2ccc(Br)cc2)c2ccc(-c3ccc(-c4ccccc4)cc3)cc2)ccc1OCC(=O)O. The Morgan fingerprint density at radius 2 is 1.29 bits per heavy atom. The van der Waals surface area contributed by atoms with Crippen molar-refractivity contribution in [3.05, 3.63) is 149 Å². The van der Waals surface area contributed by atoms with E-state index in [0.29, 0.717) is 5.75 Å². The molecule has 5 heteroatoms. The summed E-state index contributed by atoms with van der Waals surface area (Å²) in [4.78, 5) is 11.9. The molecule has 1 N–H and O–H groups in total. The van der Waals surface area contributed by atoms with E-state index in [1.165, 1.54) is 27.8 Å². The second-order valence-corrected chi connectivity index (χ2v) is 11.6. The van der Waals surface area contributed by atoms with E-state index in [4.69, 9.17) is 9.84 Å². The Labute approximate surface area is 253 Å². The summed E-state index contributed by atoms with van der Waals surface area (Å²) in [6.45, 7) is 1.59. The highest BCUT2D eigenvalue weighted by molar-refractivity contribution is 9.10. The van der Waals surface area contributed by atoms with Gasteiger partial charge in [0.15, 0.2) is 6.61 Å². The van der Waals surface area contributed by atoms with Gasteiger partial charge >= 0.3 is 5.97 Å². The van der Waals surface area contributed by atoms with Crippen LogP contribution in [0.1, 0.15) is 16.7 Å². The highest BCUT2D eigenvalue weighted by atomic mass is 79.9. The number of ether oxygens (including phenoxy) is 1. The lowest BCUT2D eigenvalue weighted by Crippen LogP contribution is -2.09. The zero-order chi connectivity index (χ0) is 28.6. The average molecular weight is 622 g/mol. The zero-order valence-corrected chi connectivity index (χ0v) is 25.0. The fourth-order valence-electron chi connectivity index (χ4n) is 4.59. The third kappa shape index (κ3) is 7.57. The molecule has 0 fully saturated rings. The Bertz CT molecular complexity index is 1640. The molecule has 0 radical (unpaired) electrons. The predicted octanol–water partition coefficient (Wildman–Crippen LogP) is 9.78. The van der Waals surface area contributed by atoms with Crippen LogP contribution in [-0.4, -0.2) is 23.4 Å². The summed E-state index contributed by atoms with van der Waals surface area (Å²) in [5.41, 5.74) is 9.20. The summed E-state index contributed by atoms with van der Waals surface area (Å²) in [7, 11) is 0. The lowest BCUT2D eigenvalue weighted by Gasteiger charge is -2.12. The molecule has 0 aliphatic heterocycles. The maximum Gasteiger partial charge on any atom is 0.341 e. The standard InChI is InChI=1S/C36H29BrO3S/c1-25-23-33(19-20-35(25)40-24-36(38)39)41-22-21-34(31-15-17-32(37)18-16-31)30-13-11-29(12-14-30)28-9-7-27(8-10-28)26-5-3-2-4-6-26/h2-21,23H,22,24H2,1H3,(H,38,39)/b34-21-. The summed E-state index contributed by atoms with van der Waals surface area (Å²) in [5, 5.41) is 8.88. The molecule has 0 aliphatic rings. The molecule has 0 saturated heterocycles. The average Bonchev–Trinajstić information content (AvgIpc) is 3.00. The van der Waals surface area contributed by atoms with Crippen LogP contribution in [0.3, 0.4) is 0 Å². The second-order valence-electron chi connectivity index (χ2n) is 9.57. The van der Waals surface area contributed by atoms with Gasteiger partial charge in [0.25, 0.3) is 0 Å². The van der Waals surface area contributed by atoms with E-state index in [1.54, 1.807) is 11.8 Å². The number of carbonyl (C=O) groups is 1. The van der Waals surface area contributed by atoms with Crippen LogP contribution in [0.5, 0.6) is 5.75 Å². The number of thioether (sulfide) groups is 1. The van der Waals surface area contributed by atoms with Gasteiger partial charge in [0, 0.05) is 15.1 Å². The summed E-state index contributed by atoms with van der Waals surface area (Å²) >= 11 is 5.28. The Morgan fingerprint density at radius 3 is 1.85 bits per heavy atom. The Hall–Kier alpha value is -4.06. The molecular formula is C36H29BrO3S. The second kappa shape index (κ2) is 13.5. The minimum Gasteiger partial charge on any atom is -0.482 e. The largest absolute Gasteiger partial charge is 0.482 e. The molecule has 5 rings (SSSR count). The Morgan fingerprint density at radius 1 is 0.756 bits per heavy atom. The summed E-state index contributed by atoms with van der Waals surface area (Å²) < 4.78 is 6.41. The topological polar surface area (TPSA) is 46.5 Å². The van der Waals surface area contributed by atoms with Gasteiger partial charge in [-0.3, -0.25) is 0 Å². The first kappa shape index (κ1) is 28.5. The van der Waals surface area contributed by atoms with Crippen LogP contribution >= 0.6 is 27.7 Å². The highest BCUT2D eigenvalue weighted by Crippen LogP contribution is 2.31. The number of carboxylic acids is 1. The molecule has 0 heterocycles. The number of benzene rings is 5. The van der Waals surface area contributed by atoms with Crippen LogP contribution in [0.15, 0.2) is 137 Å². The zero-order valence-electron chi connectivity index (χ0n) is 22.6. The molecular weight excluding hydrogens is 592 g/mol. The van der Waals surface area contributed by atoms with Crippen molar-refractivity contribution in [2.45, 2.75) is 11.8 Å². The van der Waals surface area contributed by atoms with E-state index in [9.17, 15) is 4.79 Å². The van der Waals surface area contributed by atoms with Gasteiger partial charge in [0.05, 0.1) is 0 Å². The molecule has 0 atom stereocenters. The van der Waals surface area contributed by atoms with Gasteiger partial charge in [-0.25, -0.2) is 4.79 Å². The molecule has 5 aromatic rings. The smallest absolute Gasteiger partial charge is 0.341 e. The fourth-order valence-corrected chi connectivity index (χ4v) is 5.73. The Balaban J connectivity index is 1.34. The quantitative estimate of drug-likeness (QED) is 0.158. The van der Waals surface area contributed by atoms with Gasteiger partial charge in [0.2, 0.25) is 0 Å². The number of hydrogen-bond acceptors (Lipinski definition) is 3. The number of aliphatic carboxylic acids is 1. The molecule has 0 aromatic heterocycles. The van der Waals surface area contributed by atoms with E-state index in [0.717, 1.165) is 31.8 Å². The van der Waals surface area contributed by atoms with Crippen molar-refractivity contribution in [1.82, 2.24) is 0 Å². The van der Waals surface area contributed by atoms with E-state index < -0.39 is 5.97 Å². The van der Waals surface area contributed by atoms with Crippen LogP contribution in [0.25, 0.3) is 27.8 Å². The summed E-state index contributed by atoms with van der Waals surface area (Å²) in [6, 6.07) is 42.1. The van der Waals surface area contributed by atoms with E-state index in [1.807, 2.05) is 31.2 Å². The Kier molecular flexibility index (Phi) is 9.40. The summed E-state index contributed by atoms with van der Waals surface area (Å²) in [6.07, 6.45) is 2.27. The summed E-state index contributed by atoms with van der Waals surface area (Å²) in [5.74, 6) is 0.392. The van der Waals surface area contributed by atoms with Crippen molar-refractivity contribution in [2.24, 2.45) is 0 Å². The highest BCUT2D eigenvalue weighted by Gasteiger charge is 2.08. The number of hydrogen-bond donors (Lipinski definition) is 1. The van der Waals surface area contributed by atoms with Crippen LogP contribution in [0.4, 0.5) is 0 Å². The maximum absolute atomic E-state index is 10.8. The predicted molar refractivity (Wildman–Crippen MR) is 174 cm³/mol. The molecule has 41 heavy (non-hydrogen) atoms. The van der Waals surface area contributed by atoms with Gasteiger partial charge in [-0.1, -0.05) is 113 Å². The molecule has 3 nitrogen and oxygen atoms in total. The maximum atomic E-state index is 10.8. The van der Waals surface area contributed by atoms with Gasteiger partial charge in [-0.2, -0.15) is 0 Å². The van der Waals surface area contributed by atoms with Crippen molar-refractivity contribution >= 4 is 39.2 Å². The van der Waals surface area contributed by atoms with Crippen molar-refractivity contribution in [3.63, 3.8) is 0 Å². The van der Waals surface area contributed by atoms with E-state index in [2.05, 4.69) is 119 Å². The molecule has 0 aliphatic carbocycles. The molecule has 0 unspecified atom stereocenters. The van der Waals surface area contributed by atoms with Crippen molar-refractivity contribution in [2.75, 3.05) is 12.4 Å². The third-order valence-electron chi connectivity index (χ3n) is 6.71. The molecule has 0 saturated carbocycles. The first-order chi connectivity index (χ1) is 20.0. The monoisotopic (exact) mass is 620 g/mol. The minimum atomic E-state index is -0.984. The number of aryl methyl sites for hydroxylation is 1. The lowest BCUT2D eigenvalue weighted by molar-refractivity contribution is -0.139. The fraction of sp³-hybridized carbons (Fsp3) is 0.0833. The number of carboxylic acid groups (broad SMARTS) is 1. The number of halogens is 1. The van der Waals surface area contributed by atoms with Crippen molar-refractivity contribution in [3.8, 4) is 28.0 Å². The van der Waals surface area contributed by atoms with Crippen LogP contribution < -0.4 is 4.74 Å². The molecule has 0 bridgehead atoms. The van der Waals surface area contributed by atoms with Crippen LogP contribution in [-0.2, 0) is 4.79 Å². The van der Waals surface area contributed by atoms with Gasteiger partial charge in [0.1, 0.15) is 5.75 Å². The molecule has 5 aromatic carbocycles. The van der Waals surface area contributed by atoms with Gasteiger partial charge in [-0.15, -0.1) is 11.8 Å². The first-order valence-electron chi connectivity index (χ1n) is 13.3. The molecule has 204 valence electrons. The van der Waals surface area contributed by atoms with Crippen LogP contribution in [0.2, 0.25) is 0 Å². The first-order valence-corrected chi connectivity index (χ1v) is 15.0.